The Morgan fingerprint density at radius 1 is 1.44 bits per heavy atom. The van der Waals surface area contributed by atoms with Crippen molar-refractivity contribution in [1.29, 1.82) is 0 Å². The highest BCUT2D eigenvalue weighted by Gasteiger charge is 2.36. The van der Waals surface area contributed by atoms with Gasteiger partial charge in [0.15, 0.2) is 0 Å². The highest BCUT2D eigenvalue weighted by molar-refractivity contribution is 5.75. The van der Waals surface area contributed by atoms with Gasteiger partial charge in [-0.3, -0.25) is 4.90 Å². The van der Waals surface area contributed by atoms with Gasteiger partial charge in [0.1, 0.15) is 12.5 Å². The van der Waals surface area contributed by atoms with Crippen LogP contribution in [0.2, 0.25) is 0 Å². The summed E-state index contributed by atoms with van der Waals surface area (Å²) >= 11 is 0. The smallest absolute Gasteiger partial charge is 0.320 e. The van der Waals surface area contributed by atoms with Gasteiger partial charge >= 0.3 is 6.03 Å². The van der Waals surface area contributed by atoms with Crippen LogP contribution in [-0.4, -0.2) is 29.8 Å². The van der Waals surface area contributed by atoms with Crippen LogP contribution in [0.25, 0.3) is 0 Å². The average molecular weight is 252 g/mol. The molecule has 1 saturated heterocycles. The number of amides is 2. The molecule has 98 valence electrons. The van der Waals surface area contributed by atoms with Crippen molar-refractivity contribution in [3.63, 3.8) is 0 Å². The Labute approximate surface area is 106 Å². The molecule has 1 aliphatic heterocycles. The molecule has 2 rings (SSSR count). The van der Waals surface area contributed by atoms with Crippen LogP contribution in [0.15, 0.2) is 24.3 Å². The summed E-state index contributed by atoms with van der Waals surface area (Å²) in [7, 11) is 0. The number of hydrogen-bond acceptors (Lipinski definition) is 2. The number of nitrogens with one attached hydrogen (secondary N) is 1. The molecule has 0 aliphatic carbocycles. The van der Waals surface area contributed by atoms with Gasteiger partial charge < -0.3 is 10.1 Å². The highest BCUT2D eigenvalue weighted by Crippen LogP contribution is 2.21. The number of carbonyl (C=O) groups excluding carboxylic acids is 1. The second-order valence-electron chi connectivity index (χ2n) is 5.00. The van der Waals surface area contributed by atoms with Crippen molar-refractivity contribution >= 4 is 6.03 Å². The van der Waals surface area contributed by atoms with Gasteiger partial charge in [0, 0.05) is 6.54 Å². The molecular formula is C13H17FN2O2. The topological polar surface area (TPSA) is 41.6 Å². The number of halogens is 1. The third-order valence-electron chi connectivity index (χ3n) is 3.01. The van der Waals surface area contributed by atoms with E-state index >= 15 is 0 Å². The molecule has 0 bridgehead atoms. The van der Waals surface area contributed by atoms with Gasteiger partial charge in [-0.25, -0.2) is 9.18 Å². The standard InChI is InChI=1S/C13H17FN2O2/c1-13(2)8-18-9-16(13)12(17)15-7-10-3-5-11(14)6-4-10/h3-6H,7-9H2,1-2H3,(H,15,17). The molecule has 5 heteroatoms. The zero-order chi connectivity index (χ0) is 13.2. The van der Waals surface area contributed by atoms with Gasteiger partial charge in [-0.1, -0.05) is 12.1 Å². The van der Waals surface area contributed by atoms with E-state index in [1.165, 1.54) is 12.1 Å². The maximum atomic E-state index is 12.7. The minimum Gasteiger partial charge on any atom is -0.359 e. The lowest BCUT2D eigenvalue weighted by molar-refractivity contribution is 0.139. The van der Waals surface area contributed by atoms with Gasteiger partial charge in [-0.2, -0.15) is 0 Å². The molecular weight excluding hydrogens is 235 g/mol. The number of nitrogens with zero attached hydrogens (tertiary/aromatic N) is 1. The van der Waals surface area contributed by atoms with Crippen LogP contribution in [0.4, 0.5) is 9.18 Å². The number of carbonyl (C=O) groups is 1. The van der Waals surface area contributed by atoms with E-state index in [-0.39, 0.29) is 17.4 Å². The first kappa shape index (κ1) is 12.8. The summed E-state index contributed by atoms with van der Waals surface area (Å²) in [5.41, 5.74) is 0.579. The van der Waals surface area contributed by atoms with Crippen molar-refractivity contribution < 1.29 is 13.9 Å². The SMILES string of the molecule is CC1(C)COCN1C(=O)NCc1ccc(F)cc1. The van der Waals surface area contributed by atoms with Gasteiger partial charge in [-0.05, 0) is 31.5 Å². The molecule has 1 heterocycles. The van der Waals surface area contributed by atoms with Crippen molar-refractivity contribution in [2.45, 2.75) is 25.9 Å². The largest absolute Gasteiger partial charge is 0.359 e. The molecule has 0 saturated carbocycles. The van der Waals surface area contributed by atoms with Crippen LogP contribution < -0.4 is 5.32 Å². The second kappa shape index (κ2) is 4.94. The molecule has 0 radical (unpaired) electrons. The molecule has 2 amide bonds. The van der Waals surface area contributed by atoms with Gasteiger partial charge in [0.2, 0.25) is 0 Å². The van der Waals surface area contributed by atoms with E-state index in [1.807, 2.05) is 13.8 Å². The van der Waals surface area contributed by atoms with E-state index in [0.717, 1.165) is 5.56 Å². The maximum Gasteiger partial charge on any atom is 0.320 e. The normalized spacial score (nSPS) is 17.8. The molecule has 1 aromatic rings. The molecule has 0 aromatic heterocycles. The first-order valence-electron chi connectivity index (χ1n) is 5.87. The summed E-state index contributed by atoms with van der Waals surface area (Å²) in [4.78, 5) is 13.6. The summed E-state index contributed by atoms with van der Waals surface area (Å²) in [5.74, 6) is -0.279. The van der Waals surface area contributed by atoms with Crippen molar-refractivity contribution in [2.24, 2.45) is 0 Å². The lowest BCUT2D eigenvalue weighted by Crippen LogP contribution is -2.48. The average Bonchev–Trinajstić information content (AvgIpc) is 2.68. The van der Waals surface area contributed by atoms with Crippen molar-refractivity contribution in [2.75, 3.05) is 13.3 Å². The molecule has 1 aromatic carbocycles. The second-order valence-corrected chi connectivity index (χ2v) is 5.00. The van der Waals surface area contributed by atoms with E-state index in [0.29, 0.717) is 19.9 Å². The zero-order valence-electron chi connectivity index (χ0n) is 10.6. The Balaban J connectivity index is 1.90. The summed E-state index contributed by atoms with van der Waals surface area (Å²) < 4.78 is 18.0. The first-order chi connectivity index (χ1) is 8.49. The van der Waals surface area contributed by atoms with Crippen molar-refractivity contribution in [3.8, 4) is 0 Å². The van der Waals surface area contributed by atoms with E-state index in [4.69, 9.17) is 4.74 Å². The fourth-order valence-corrected chi connectivity index (χ4v) is 1.85. The van der Waals surface area contributed by atoms with E-state index < -0.39 is 0 Å². The Bertz CT molecular complexity index is 431. The third-order valence-corrected chi connectivity index (χ3v) is 3.01. The van der Waals surface area contributed by atoms with Crippen LogP contribution in [0.1, 0.15) is 19.4 Å². The fourth-order valence-electron chi connectivity index (χ4n) is 1.85. The van der Waals surface area contributed by atoms with Gasteiger partial charge in [0.05, 0.1) is 12.1 Å². The van der Waals surface area contributed by atoms with Crippen LogP contribution >= 0.6 is 0 Å². The Hall–Kier alpha value is -1.62. The number of ether oxygens (including phenoxy) is 1. The number of benzene rings is 1. The molecule has 1 aliphatic rings. The van der Waals surface area contributed by atoms with Gasteiger partial charge in [-0.15, -0.1) is 0 Å². The first-order valence-corrected chi connectivity index (χ1v) is 5.87. The Kier molecular flexibility index (Phi) is 3.52. The monoisotopic (exact) mass is 252 g/mol. The third kappa shape index (κ3) is 2.79. The Morgan fingerprint density at radius 2 is 2.11 bits per heavy atom. The molecule has 0 spiro atoms. The molecule has 1 N–H and O–H groups in total. The summed E-state index contributed by atoms with van der Waals surface area (Å²) in [6.45, 7) is 5.14. The minimum absolute atomic E-state index is 0.165. The predicted molar refractivity (Wildman–Crippen MR) is 65.4 cm³/mol. The molecule has 0 unspecified atom stereocenters. The van der Waals surface area contributed by atoms with Crippen LogP contribution in [0.3, 0.4) is 0 Å². The highest BCUT2D eigenvalue weighted by atomic mass is 19.1. The Morgan fingerprint density at radius 3 is 2.67 bits per heavy atom. The molecule has 0 atom stereocenters. The van der Waals surface area contributed by atoms with Crippen molar-refractivity contribution in [1.82, 2.24) is 10.2 Å². The summed E-state index contributed by atoms with van der Waals surface area (Å²) in [6, 6.07) is 5.90. The lowest BCUT2D eigenvalue weighted by atomic mass is 10.1. The number of urea groups is 1. The van der Waals surface area contributed by atoms with E-state index in [9.17, 15) is 9.18 Å². The fraction of sp³-hybridized carbons (Fsp3) is 0.462. The molecule has 4 nitrogen and oxygen atoms in total. The van der Waals surface area contributed by atoms with Crippen LogP contribution in [0, 0.1) is 5.82 Å². The van der Waals surface area contributed by atoms with Crippen LogP contribution in [-0.2, 0) is 11.3 Å². The molecule has 1 fully saturated rings. The zero-order valence-corrected chi connectivity index (χ0v) is 10.6. The molecule has 18 heavy (non-hydrogen) atoms. The van der Waals surface area contributed by atoms with Crippen LogP contribution in [0.5, 0.6) is 0 Å². The van der Waals surface area contributed by atoms with Crippen molar-refractivity contribution in [3.05, 3.63) is 35.6 Å². The predicted octanol–water partition coefficient (Wildman–Crippen LogP) is 2.10. The van der Waals surface area contributed by atoms with Gasteiger partial charge in [0.25, 0.3) is 0 Å². The summed E-state index contributed by atoms with van der Waals surface area (Å²) in [5, 5.41) is 2.80. The quantitative estimate of drug-likeness (QED) is 0.875. The minimum atomic E-state index is -0.285. The maximum absolute atomic E-state index is 12.7. The lowest BCUT2D eigenvalue weighted by Gasteiger charge is -2.29. The summed E-state index contributed by atoms with van der Waals surface area (Å²) in [6.07, 6.45) is 0. The van der Waals surface area contributed by atoms with E-state index in [1.54, 1.807) is 17.0 Å². The van der Waals surface area contributed by atoms with E-state index in [2.05, 4.69) is 5.32 Å². The number of rotatable bonds is 2. The number of hydrogen-bond donors (Lipinski definition) is 1.